The minimum absolute atomic E-state index is 0.454. The van der Waals surface area contributed by atoms with Gasteiger partial charge in [-0.25, -0.2) is 9.97 Å². The largest absolute Gasteiger partial charge is 0.369 e. The number of aromatic amines is 1. The monoisotopic (exact) mass is 256 g/mol. The lowest BCUT2D eigenvalue weighted by molar-refractivity contribution is 0.995. The van der Waals surface area contributed by atoms with Gasteiger partial charge in [-0.1, -0.05) is 0 Å². The second-order valence-electron chi connectivity index (χ2n) is 4.09. The van der Waals surface area contributed by atoms with Gasteiger partial charge in [0.05, 0.1) is 12.5 Å². The van der Waals surface area contributed by atoms with E-state index in [0.717, 1.165) is 17.2 Å². The van der Waals surface area contributed by atoms with Crippen molar-refractivity contribution in [3.05, 3.63) is 35.9 Å². The van der Waals surface area contributed by atoms with Gasteiger partial charge in [0.25, 0.3) is 0 Å². The number of aromatic nitrogens is 3. The van der Waals surface area contributed by atoms with Crippen molar-refractivity contribution in [2.24, 2.45) is 0 Å². The van der Waals surface area contributed by atoms with E-state index < -0.39 is 0 Å². The zero-order valence-electron chi connectivity index (χ0n) is 10.8. The molecule has 0 aliphatic heterocycles. The second kappa shape index (κ2) is 6.40. The number of H-pyrrole nitrogens is 1. The third kappa shape index (κ3) is 4.00. The maximum Gasteiger partial charge on any atom is 0.132 e. The van der Waals surface area contributed by atoms with Gasteiger partial charge in [-0.05, 0) is 18.6 Å². The van der Waals surface area contributed by atoms with E-state index in [-0.39, 0.29) is 0 Å². The number of hydrogen-bond acceptors (Lipinski definition) is 5. The summed E-state index contributed by atoms with van der Waals surface area (Å²) in [7, 11) is 0. The van der Waals surface area contributed by atoms with Crippen molar-refractivity contribution in [3.63, 3.8) is 0 Å². The highest BCUT2D eigenvalue weighted by Crippen LogP contribution is 2.12. The van der Waals surface area contributed by atoms with Gasteiger partial charge in [-0.3, -0.25) is 0 Å². The first-order valence-electron chi connectivity index (χ1n) is 6.10. The van der Waals surface area contributed by atoms with Crippen LogP contribution in [-0.2, 0) is 6.54 Å². The maximum absolute atomic E-state index is 8.51. The van der Waals surface area contributed by atoms with Crippen LogP contribution in [-0.4, -0.2) is 21.5 Å². The van der Waals surface area contributed by atoms with Gasteiger partial charge < -0.3 is 15.6 Å². The molecule has 2 aromatic rings. The molecule has 0 atom stereocenters. The van der Waals surface area contributed by atoms with E-state index in [1.807, 2.05) is 31.5 Å². The fourth-order valence-corrected chi connectivity index (χ4v) is 1.66. The highest BCUT2D eigenvalue weighted by Gasteiger charge is 2.01. The molecule has 98 valence electrons. The Kier molecular flexibility index (Phi) is 4.34. The summed E-state index contributed by atoms with van der Waals surface area (Å²) in [6.45, 7) is 3.14. The molecule has 2 aromatic heterocycles. The maximum atomic E-state index is 8.51. The van der Waals surface area contributed by atoms with Gasteiger partial charge in [0.2, 0.25) is 0 Å². The summed E-state index contributed by atoms with van der Waals surface area (Å²) in [5.41, 5.74) is 1.16. The molecule has 0 amide bonds. The molecule has 0 saturated heterocycles. The van der Waals surface area contributed by atoms with Gasteiger partial charge >= 0.3 is 0 Å². The molecule has 0 unspecified atom stereocenters. The average Bonchev–Trinajstić information content (AvgIpc) is 2.89. The number of aryl methyl sites for hydroxylation is 1. The van der Waals surface area contributed by atoms with Crippen LogP contribution in [0.2, 0.25) is 0 Å². The molecular weight excluding hydrogens is 240 g/mol. The minimum atomic E-state index is 0.454. The van der Waals surface area contributed by atoms with E-state index >= 15 is 0 Å². The topological polar surface area (TPSA) is 89.4 Å². The number of hydrogen-bond donors (Lipinski definition) is 3. The van der Waals surface area contributed by atoms with Crippen molar-refractivity contribution in [1.29, 1.82) is 5.26 Å². The Bertz CT molecular complexity index is 555. The van der Waals surface area contributed by atoms with Crippen molar-refractivity contribution in [3.8, 4) is 6.07 Å². The van der Waals surface area contributed by atoms with Crippen molar-refractivity contribution >= 4 is 11.6 Å². The molecule has 0 aliphatic carbocycles. The van der Waals surface area contributed by atoms with E-state index in [1.165, 1.54) is 0 Å². The molecule has 6 heteroatoms. The molecule has 0 spiro atoms. The molecule has 3 N–H and O–H groups in total. The molecule has 0 aliphatic rings. The third-order valence-corrected chi connectivity index (χ3v) is 2.52. The van der Waals surface area contributed by atoms with E-state index in [9.17, 15) is 0 Å². The van der Waals surface area contributed by atoms with Gasteiger partial charge in [0.15, 0.2) is 0 Å². The number of nitriles is 1. The zero-order chi connectivity index (χ0) is 13.5. The van der Waals surface area contributed by atoms with Crippen molar-refractivity contribution < 1.29 is 0 Å². The Morgan fingerprint density at radius 2 is 2.11 bits per heavy atom. The molecule has 0 fully saturated rings. The lowest BCUT2D eigenvalue weighted by Gasteiger charge is -2.08. The van der Waals surface area contributed by atoms with Crippen LogP contribution >= 0.6 is 0 Å². The van der Waals surface area contributed by atoms with Gasteiger partial charge in [0, 0.05) is 31.5 Å². The SMILES string of the molecule is Cc1nc(NCCC#N)cc(NCc2cc[nH]c2)n1. The first-order chi connectivity index (χ1) is 9.28. The molecule has 19 heavy (non-hydrogen) atoms. The normalized spacial score (nSPS) is 9.89. The van der Waals surface area contributed by atoms with Crippen LogP contribution in [0, 0.1) is 18.3 Å². The Hall–Kier alpha value is -2.55. The molecule has 2 heterocycles. The molecule has 6 nitrogen and oxygen atoms in total. The van der Waals surface area contributed by atoms with E-state index in [1.54, 1.807) is 0 Å². The second-order valence-corrected chi connectivity index (χ2v) is 4.09. The van der Waals surface area contributed by atoms with Crippen LogP contribution < -0.4 is 10.6 Å². The number of nitrogens with zero attached hydrogens (tertiary/aromatic N) is 3. The minimum Gasteiger partial charge on any atom is -0.369 e. The van der Waals surface area contributed by atoms with E-state index in [2.05, 4.69) is 31.7 Å². The molecular formula is C13H16N6. The van der Waals surface area contributed by atoms with Crippen LogP contribution in [0.1, 0.15) is 17.8 Å². The van der Waals surface area contributed by atoms with Crippen molar-refractivity contribution in [2.45, 2.75) is 19.9 Å². The van der Waals surface area contributed by atoms with Crippen LogP contribution in [0.5, 0.6) is 0 Å². The van der Waals surface area contributed by atoms with Crippen LogP contribution in [0.15, 0.2) is 24.5 Å². The Morgan fingerprint density at radius 1 is 1.32 bits per heavy atom. The van der Waals surface area contributed by atoms with Crippen molar-refractivity contribution in [2.75, 3.05) is 17.2 Å². The number of anilines is 2. The number of rotatable bonds is 6. The van der Waals surface area contributed by atoms with Crippen LogP contribution in [0.25, 0.3) is 0 Å². The average molecular weight is 256 g/mol. The Morgan fingerprint density at radius 3 is 2.79 bits per heavy atom. The quantitative estimate of drug-likeness (QED) is 0.688. The summed E-state index contributed by atoms with van der Waals surface area (Å²) in [4.78, 5) is 11.6. The fourth-order valence-electron chi connectivity index (χ4n) is 1.66. The molecule has 0 aromatic carbocycles. The highest BCUT2D eigenvalue weighted by atomic mass is 15.1. The summed E-state index contributed by atoms with van der Waals surface area (Å²) in [6.07, 6.45) is 4.28. The van der Waals surface area contributed by atoms with Gasteiger partial charge in [0.1, 0.15) is 17.5 Å². The molecule has 0 radical (unpaired) electrons. The summed E-state index contributed by atoms with van der Waals surface area (Å²) in [5.74, 6) is 2.20. The summed E-state index contributed by atoms with van der Waals surface area (Å²) in [5, 5.41) is 14.8. The molecule has 0 saturated carbocycles. The highest BCUT2D eigenvalue weighted by molar-refractivity contribution is 5.47. The van der Waals surface area contributed by atoms with E-state index in [0.29, 0.717) is 25.3 Å². The first-order valence-corrected chi connectivity index (χ1v) is 6.10. The standard InChI is InChI=1S/C13H16N6/c1-10-18-12(16-5-2-4-14)7-13(19-10)17-9-11-3-6-15-8-11/h3,6-8,15H,2,5,9H2,1H3,(H2,16,17,18,19). The van der Waals surface area contributed by atoms with Crippen molar-refractivity contribution in [1.82, 2.24) is 15.0 Å². The number of nitrogens with one attached hydrogen (secondary N) is 3. The fraction of sp³-hybridized carbons (Fsp3) is 0.308. The lowest BCUT2D eigenvalue weighted by atomic mass is 10.3. The van der Waals surface area contributed by atoms with Gasteiger partial charge in [-0.2, -0.15) is 5.26 Å². The predicted octanol–water partition coefficient (Wildman–Crippen LogP) is 2.05. The third-order valence-electron chi connectivity index (χ3n) is 2.52. The summed E-state index contributed by atoms with van der Waals surface area (Å²) in [6, 6.07) is 5.94. The van der Waals surface area contributed by atoms with Crippen LogP contribution in [0.3, 0.4) is 0 Å². The summed E-state index contributed by atoms with van der Waals surface area (Å²) < 4.78 is 0. The van der Waals surface area contributed by atoms with Crippen LogP contribution in [0.4, 0.5) is 11.6 Å². The molecule has 2 rings (SSSR count). The smallest absolute Gasteiger partial charge is 0.132 e. The first kappa shape index (κ1) is 12.9. The van der Waals surface area contributed by atoms with E-state index in [4.69, 9.17) is 5.26 Å². The van der Waals surface area contributed by atoms with Gasteiger partial charge in [-0.15, -0.1) is 0 Å². The lowest BCUT2D eigenvalue weighted by Crippen LogP contribution is -2.07. The predicted molar refractivity (Wildman–Crippen MR) is 73.6 cm³/mol. The molecule has 0 bridgehead atoms. The summed E-state index contributed by atoms with van der Waals surface area (Å²) >= 11 is 0. The Balaban J connectivity index is 1.98. The zero-order valence-corrected chi connectivity index (χ0v) is 10.8. The Labute approximate surface area is 111 Å².